The zero-order valence-corrected chi connectivity index (χ0v) is 18.7. The molecule has 8 nitrogen and oxygen atoms in total. The highest BCUT2D eigenvalue weighted by atomic mass is 32.2. The minimum Gasteiger partial charge on any atom is -0.454 e. The van der Waals surface area contributed by atoms with Gasteiger partial charge in [0.25, 0.3) is 5.56 Å². The Hall–Kier alpha value is -4.29. The van der Waals surface area contributed by atoms with E-state index in [1.54, 1.807) is 47.0 Å². The predicted octanol–water partition coefficient (Wildman–Crippen LogP) is 3.78. The Morgan fingerprint density at radius 1 is 1.09 bits per heavy atom. The standard InChI is InChI=1S/C25H18N4O4S/c26-12-16-4-3-5-18(10-16)27-23(30)14-34-25-28-20-7-2-1-6-19(20)24(31)29(25)13-17-8-9-21-22(11-17)33-15-32-21/h1-11H,13-15H2,(H,27,30). The molecular formula is C25H18N4O4S. The van der Waals surface area contributed by atoms with E-state index >= 15 is 0 Å². The van der Waals surface area contributed by atoms with Gasteiger partial charge in [-0.3, -0.25) is 14.2 Å². The lowest BCUT2D eigenvalue weighted by atomic mass is 10.2. The van der Waals surface area contributed by atoms with Crippen LogP contribution in [0.15, 0.2) is 76.7 Å². The van der Waals surface area contributed by atoms with Gasteiger partial charge in [-0.05, 0) is 48.0 Å². The number of ether oxygens (including phenoxy) is 2. The van der Waals surface area contributed by atoms with Gasteiger partial charge in [0, 0.05) is 5.69 Å². The van der Waals surface area contributed by atoms with Crippen molar-refractivity contribution in [3.8, 4) is 17.6 Å². The van der Waals surface area contributed by atoms with E-state index in [2.05, 4.69) is 10.3 Å². The number of nitrogens with zero attached hydrogens (tertiary/aromatic N) is 3. The first kappa shape index (κ1) is 21.6. The van der Waals surface area contributed by atoms with Crippen molar-refractivity contribution in [2.24, 2.45) is 0 Å². The number of anilines is 1. The Kier molecular flexibility index (Phi) is 5.89. The summed E-state index contributed by atoms with van der Waals surface area (Å²) in [6.07, 6.45) is 0. The van der Waals surface area contributed by atoms with Crippen molar-refractivity contribution in [1.29, 1.82) is 5.26 Å². The average molecular weight is 471 g/mol. The smallest absolute Gasteiger partial charge is 0.262 e. The Morgan fingerprint density at radius 2 is 1.94 bits per heavy atom. The lowest BCUT2D eigenvalue weighted by Gasteiger charge is -2.14. The molecule has 4 aromatic rings. The van der Waals surface area contributed by atoms with Crippen LogP contribution in [-0.2, 0) is 11.3 Å². The Labute approximate surface area is 198 Å². The molecule has 0 fully saturated rings. The number of hydrogen-bond acceptors (Lipinski definition) is 7. The SMILES string of the molecule is N#Cc1cccc(NC(=O)CSc2nc3ccccc3c(=O)n2Cc2ccc3c(c2)OCO3)c1. The highest BCUT2D eigenvalue weighted by molar-refractivity contribution is 7.99. The van der Waals surface area contributed by atoms with Gasteiger partial charge in [-0.2, -0.15) is 5.26 Å². The number of thioether (sulfide) groups is 1. The average Bonchev–Trinajstić information content (AvgIpc) is 3.33. The third-order valence-electron chi connectivity index (χ3n) is 5.21. The monoisotopic (exact) mass is 470 g/mol. The van der Waals surface area contributed by atoms with Crippen molar-refractivity contribution in [3.63, 3.8) is 0 Å². The second kappa shape index (κ2) is 9.29. The summed E-state index contributed by atoms with van der Waals surface area (Å²) < 4.78 is 12.4. The van der Waals surface area contributed by atoms with Gasteiger partial charge in [0.05, 0.1) is 34.8 Å². The Morgan fingerprint density at radius 3 is 2.82 bits per heavy atom. The maximum Gasteiger partial charge on any atom is 0.262 e. The lowest BCUT2D eigenvalue weighted by molar-refractivity contribution is -0.113. The van der Waals surface area contributed by atoms with Crippen LogP contribution in [0.25, 0.3) is 10.9 Å². The van der Waals surface area contributed by atoms with E-state index in [1.807, 2.05) is 30.3 Å². The van der Waals surface area contributed by atoms with Crippen LogP contribution in [0.4, 0.5) is 5.69 Å². The molecule has 168 valence electrons. The Bertz CT molecular complexity index is 1510. The molecule has 0 spiro atoms. The van der Waals surface area contributed by atoms with E-state index in [9.17, 15) is 9.59 Å². The molecule has 34 heavy (non-hydrogen) atoms. The third kappa shape index (κ3) is 4.44. The van der Waals surface area contributed by atoms with E-state index in [4.69, 9.17) is 14.7 Å². The minimum atomic E-state index is -0.267. The summed E-state index contributed by atoms with van der Waals surface area (Å²) in [5.74, 6) is 1.08. The molecule has 1 amide bonds. The normalized spacial score (nSPS) is 11.9. The number of para-hydroxylation sites is 1. The van der Waals surface area contributed by atoms with E-state index < -0.39 is 0 Å². The molecule has 0 saturated heterocycles. The van der Waals surface area contributed by atoms with Crippen LogP contribution in [0, 0.1) is 11.3 Å². The summed E-state index contributed by atoms with van der Waals surface area (Å²) in [5, 5.41) is 12.8. The zero-order chi connectivity index (χ0) is 23.5. The number of nitrogens with one attached hydrogen (secondary N) is 1. The van der Waals surface area contributed by atoms with Crippen LogP contribution in [-0.4, -0.2) is 28.0 Å². The fraction of sp³-hybridized carbons (Fsp3) is 0.120. The molecule has 0 unspecified atom stereocenters. The van der Waals surface area contributed by atoms with E-state index in [-0.39, 0.29) is 30.6 Å². The molecule has 3 aromatic carbocycles. The topological polar surface area (TPSA) is 106 Å². The molecule has 0 saturated carbocycles. The molecule has 0 atom stereocenters. The molecule has 0 radical (unpaired) electrons. The molecule has 2 heterocycles. The van der Waals surface area contributed by atoms with Gasteiger partial charge in [0.15, 0.2) is 16.7 Å². The van der Waals surface area contributed by atoms with Crippen molar-refractivity contribution < 1.29 is 14.3 Å². The van der Waals surface area contributed by atoms with Gasteiger partial charge < -0.3 is 14.8 Å². The summed E-state index contributed by atoms with van der Waals surface area (Å²) in [6.45, 7) is 0.436. The van der Waals surface area contributed by atoms with Gasteiger partial charge in [0.1, 0.15) is 0 Å². The van der Waals surface area contributed by atoms with Crippen LogP contribution in [0.5, 0.6) is 11.5 Å². The number of carbonyl (C=O) groups excluding carboxylic acids is 1. The predicted molar refractivity (Wildman–Crippen MR) is 128 cm³/mol. The number of aromatic nitrogens is 2. The van der Waals surface area contributed by atoms with E-state index in [0.717, 1.165) is 5.56 Å². The number of rotatable bonds is 6. The number of amides is 1. The maximum atomic E-state index is 13.3. The highest BCUT2D eigenvalue weighted by Crippen LogP contribution is 2.33. The second-order valence-electron chi connectivity index (χ2n) is 7.52. The molecule has 1 N–H and O–H groups in total. The number of benzene rings is 3. The van der Waals surface area contributed by atoms with Crippen LogP contribution < -0.4 is 20.3 Å². The van der Waals surface area contributed by atoms with Crippen molar-refractivity contribution in [3.05, 3.63) is 88.2 Å². The maximum absolute atomic E-state index is 13.3. The first-order valence-corrected chi connectivity index (χ1v) is 11.4. The van der Waals surface area contributed by atoms with Crippen molar-refractivity contribution >= 4 is 34.3 Å². The van der Waals surface area contributed by atoms with Crippen LogP contribution in [0.3, 0.4) is 0 Å². The first-order chi connectivity index (χ1) is 16.6. The van der Waals surface area contributed by atoms with Crippen LogP contribution in [0.2, 0.25) is 0 Å². The Balaban J connectivity index is 1.42. The molecule has 0 aliphatic carbocycles. The summed E-state index contributed by atoms with van der Waals surface area (Å²) in [7, 11) is 0. The van der Waals surface area contributed by atoms with Gasteiger partial charge >= 0.3 is 0 Å². The molecule has 0 bridgehead atoms. The van der Waals surface area contributed by atoms with E-state index in [1.165, 1.54) is 11.8 Å². The number of nitriles is 1. The molecular weight excluding hydrogens is 452 g/mol. The number of fused-ring (bicyclic) bond motifs is 2. The van der Waals surface area contributed by atoms with Crippen molar-refractivity contribution in [2.75, 3.05) is 17.9 Å². The first-order valence-electron chi connectivity index (χ1n) is 10.4. The van der Waals surface area contributed by atoms with Crippen molar-refractivity contribution in [2.45, 2.75) is 11.7 Å². The molecule has 1 aliphatic rings. The fourth-order valence-electron chi connectivity index (χ4n) is 3.61. The minimum absolute atomic E-state index is 0.0443. The number of hydrogen-bond donors (Lipinski definition) is 1. The summed E-state index contributed by atoms with van der Waals surface area (Å²) >= 11 is 1.18. The summed E-state index contributed by atoms with van der Waals surface area (Å²) in [5.41, 5.74) is 2.23. The summed E-state index contributed by atoms with van der Waals surface area (Å²) in [4.78, 5) is 30.5. The molecule has 5 rings (SSSR count). The quantitative estimate of drug-likeness (QED) is 0.338. The third-order valence-corrected chi connectivity index (χ3v) is 6.19. The molecule has 1 aromatic heterocycles. The van der Waals surface area contributed by atoms with Crippen LogP contribution in [0.1, 0.15) is 11.1 Å². The van der Waals surface area contributed by atoms with Gasteiger partial charge in [-0.15, -0.1) is 0 Å². The number of carbonyl (C=O) groups is 1. The highest BCUT2D eigenvalue weighted by Gasteiger charge is 2.17. The largest absolute Gasteiger partial charge is 0.454 e. The van der Waals surface area contributed by atoms with Gasteiger partial charge in [-0.25, -0.2) is 4.98 Å². The molecule has 9 heteroatoms. The van der Waals surface area contributed by atoms with E-state index in [0.29, 0.717) is 38.8 Å². The summed E-state index contributed by atoms with van der Waals surface area (Å²) in [6, 6.07) is 21.4. The fourth-order valence-corrected chi connectivity index (χ4v) is 4.41. The lowest BCUT2D eigenvalue weighted by Crippen LogP contribution is -2.25. The van der Waals surface area contributed by atoms with Crippen LogP contribution >= 0.6 is 11.8 Å². The van der Waals surface area contributed by atoms with Crippen molar-refractivity contribution in [1.82, 2.24) is 9.55 Å². The molecule has 1 aliphatic heterocycles. The second-order valence-corrected chi connectivity index (χ2v) is 8.46. The van der Waals surface area contributed by atoms with Gasteiger partial charge in [0.2, 0.25) is 12.7 Å². The zero-order valence-electron chi connectivity index (χ0n) is 17.9. The van der Waals surface area contributed by atoms with Gasteiger partial charge in [-0.1, -0.05) is 36.0 Å².